The summed E-state index contributed by atoms with van der Waals surface area (Å²) in [7, 11) is 0. The second-order valence-corrected chi connectivity index (χ2v) is 3.35. The van der Waals surface area contributed by atoms with Crippen molar-refractivity contribution in [3.63, 3.8) is 0 Å². The van der Waals surface area contributed by atoms with E-state index in [1.54, 1.807) is 0 Å². The quantitative estimate of drug-likeness (QED) is 0.685. The van der Waals surface area contributed by atoms with Crippen molar-refractivity contribution in [3.05, 3.63) is 23.8 Å². The summed E-state index contributed by atoms with van der Waals surface area (Å²) in [5.41, 5.74) is 13.0. The Morgan fingerprint density at radius 2 is 2.15 bits per heavy atom. The van der Waals surface area contributed by atoms with Crippen molar-refractivity contribution >= 4 is 5.69 Å². The van der Waals surface area contributed by atoms with Gasteiger partial charge in [-0.05, 0) is 25.0 Å². The van der Waals surface area contributed by atoms with Gasteiger partial charge in [-0.1, -0.05) is 6.07 Å². The van der Waals surface area contributed by atoms with Gasteiger partial charge >= 0.3 is 0 Å². The van der Waals surface area contributed by atoms with Crippen LogP contribution in [-0.2, 0) is 6.54 Å². The maximum absolute atomic E-state index is 5.77. The molecule has 3 heteroatoms. The molecule has 1 aliphatic rings. The number of benzene rings is 1. The summed E-state index contributed by atoms with van der Waals surface area (Å²) >= 11 is 0. The van der Waals surface area contributed by atoms with E-state index in [1.165, 1.54) is 0 Å². The molecule has 0 aliphatic heterocycles. The Balaban J connectivity index is 2.25. The summed E-state index contributed by atoms with van der Waals surface area (Å²) in [6.45, 7) is 0.439. The van der Waals surface area contributed by atoms with E-state index >= 15 is 0 Å². The molecule has 1 fully saturated rings. The van der Waals surface area contributed by atoms with E-state index in [4.69, 9.17) is 16.2 Å². The van der Waals surface area contributed by atoms with Crippen LogP contribution in [0.3, 0.4) is 0 Å². The second-order valence-electron chi connectivity index (χ2n) is 3.35. The van der Waals surface area contributed by atoms with Gasteiger partial charge in [-0.3, -0.25) is 0 Å². The van der Waals surface area contributed by atoms with E-state index in [1.807, 2.05) is 18.2 Å². The Morgan fingerprint density at radius 1 is 1.38 bits per heavy atom. The molecule has 0 saturated heterocycles. The van der Waals surface area contributed by atoms with Crippen LogP contribution in [0.5, 0.6) is 5.75 Å². The minimum Gasteiger partial charge on any atom is -0.490 e. The highest BCUT2D eigenvalue weighted by Gasteiger charge is 2.24. The fraction of sp³-hybridized carbons (Fsp3) is 0.400. The van der Waals surface area contributed by atoms with Crippen molar-refractivity contribution in [1.29, 1.82) is 0 Å². The van der Waals surface area contributed by atoms with Crippen molar-refractivity contribution in [2.45, 2.75) is 25.5 Å². The topological polar surface area (TPSA) is 61.3 Å². The average molecular weight is 178 g/mol. The zero-order chi connectivity index (χ0) is 9.26. The molecule has 0 heterocycles. The molecule has 3 nitrogen and oxygen atoms in total. The second kappa shape index (κ2) is 3.26. The van der Waals surface area contributed by atoms with Crippen LogP contribution in [0.15, 0.2) is 18.2 Å². The molecule has 1 aromatic carbocycles. The molecule has 0 radical (unpaired) electrons. The summed E-state index contributed by atoms with van der Waals surface area (Å²) in [5, 5.41) is 0. The minimum absolute atomic E-state index is 0.395. The number of nitrogens with two attached hydrogens (primary N) is 2. The third kappa shape index (κ3) is 1.75. The smallest absolute Gasteiger partial charge is 0.126 e. The summed E-state index contributed by atoms with van der Waals surface area (Å²) in [6, 6.07) is 5.67. The third-order valence-electron chi connectivity index (χ3n) is 2.19. The first-order valence-electron chi connectivity index (χ1n) is 4.55. The third-order valence-corrected chi connectivity index (χ3v) is 2.19. The highest BCUT2D eigenvalue weighted by atomic mass is 16.5. The van der Waals surface area contributed by atoms with Gasteiger partial charge in [0.1, 0.15) is 5.75 Å². The van der Waals surface area contributed by atoms with E-state index in [2.05, 4.69) is 0 Å². The van der Waals surface area contributed by atoms with Gasteiger partial charge in [0.05, 0.1) is 6.10 Å². The molecule has 1 aliphatic carbocycles. The highest BCUT2D eigenvalue weighted by Crippen LogP contribution is 2.31. The van der Waals surface area contributed by atoms with Gasteiger partial charge in [-0.2, -0.15) is 0 Å². The number of hydrogen-bond donors (Lipinski definition) is 2. The summed E-state index contributed by atoms with van der Waals surface area (Å²) in [5.74, 6) is 0.852. The molecular weight excluding hydrogens is 164 g/mol. The molecule has 13 heavy (non-hydrogen) atoms. The molecule has 0 amide bonds. The maximum atomic E-state index is 5.77. The molecule has 0 spiro atoms. The van der Waals surface area contributed by atoms with E-state index < -0.39 is 0 Å². The molecule has 2 rings (SSSR count). The summed E-state index contributed by atoms with van der Waals surface area (Å²) in [6.07, 6.45) is 2.70. The Labute approximate surface area is 77.7 Å². The van der Waals surface area contributed by atoms with Gasteiger partial charge in [0.25, 0.3) is 0 Å². The van der Waals surface area contributed by atoms with Crippen LogP contribution in [0.1, 0.15) is 18.4 Å². The lowest BCUT2D eigenvalue weighted by Gasteiger charge is -2.11. The normalized spacial score (nSPS) is 15.8. The van der Waals surface area contributed by atoms with Gasteiger partial charge in [0.2, 0.25) is 0 Å². The average Bonchev–Trinajstić information content (AvgIpc) is 2.89. The Bertz CT molecular complexity index is 308. The van der Waals surface area contributed by atoms with Gasteiger partial charge in [0, 0.05) is 17.8 Å². The van der Waals surface area contributed by atoms with Gasteiger partial charge in [-0.15, -0.1) is 0 Å². The lowest BCUT2D eigenvalue weighted by molar-refractivity contribution is 0.300. The highest BCUT2D eigenvalue weighted by molar-refractivity contribution is 5.54. The largest absolute Gasteiger partial charge is 0.490 e. The van der Waals surface area contributed by atoms with E-state index in [-0.39, 0.29) is 0 Å². The first-order chi connectivity index (χ1) is 6.31. The number of nitrogen functional groups attached to an aromatic ring is 1. The van der Waals surface area contributed by atoms with Gasteiger partial charge < -0.3 is 16.2 Å². The zero-order valence-corrected chi connectivity index (χ0v) is 7.49. The molecule has 1 saturated carbocycles. The number of hydrogen-bond acceptors (Lipinski definition) is 3. The van der Waals surface area contributed by atoms with Crippen molar-refractivity contribution < 1.29 is 4.74 Å². The van der Waals surface area contributed by atoms with Crippen LogP contribution in [0.4, 0.5) is 5.69 Å². The van der Waals surface area contributed by atoms with Crippen LogP contribution < -0.4 is 16.2 Å². The molecule has 0 unspecified atom stereocenters. The molecule has 0 aromatic heterocycles. The summed E-state index contributed by atoms with van der Waals surface area (Å²) in [4.78, 5) is 0. The standard InChI is InChI=1S/C10H14N2O/c11-6-8-9(12)2-1-3-10(8)13-7-4-5-7/h1-3,7H,4-6,11-12H2. The molecule has 0 bridgehead atoms. The van der Waals surface area contributed by atoms with Crippen molar-refractivity contribution in [2.24, 2.45) is 5.73 Å². The minimum atomic E-state index is 0.395. The lowest BCUT2D eigenvalue weighted by Crippen LogP contribution is -2.06. The Morgan fingerprint density at radius 3 is 2.77 bits per heavy atom. The summed E-state index contributed by atoms with van der Waals surface area (Å²) < 4.78 is 5.67. The lowest BCUT2D eigenvalue weighted by atomic mass is 10.1. The first kappa shape index (κ1) is 8.38. The van der Waals surface area contributed by atoms with Crippen LogP contribution in [0, 0.1) is 0 Å². The molecule has 4 N–H and O–H groups in total. The molecule has 70 valence electrons. The zero-order valence-electron chi connectivity index (χ0n) is 7.49. The van der Waals surface area contributed by atoms with E-state index in [9.17, 15) is 0 Å². The maximum Gasteiger partial charge on any atom is 0.126 e. The first-order valence-corrected chi connectivity index (χ1v) is 4.55. The van der Waals surface area contributed by atoms with Crippen LogP contribution >= 0.6 is 0 Å². The van der Waals surface area contributed by atoms with Crippen LogP contribution in [-0.4, -0.2) is 6.10 Å². The van der Waals surface area contributed by atoms with Crippen molar-refractivity contribution in [3.8, 4) is 5.75 Å². The Hall–Kier alpha value is -1.22. The Kier molecular flexibility index (Phi) is 2.10. The fourth-order valence-electron chi connectivity index (χ4n) is 1.28. The van der Waals surface area contributed by atoms with Gasteiger partial charge in [0.15, 0.2) is 0 Å². The predicted molar refractivity (Wildman–Crippen MR) is 52.4 cm³/mol. The van der Waals surface area contributed by atoms with E-state index in [0.717, 1.165) is 29.8 Å². The van der Waals surface area contributed by atoms with E-state index in [0.29, 0.717) is 12.6 Å². The van der Waals surface area contributed by atoms with Gasteiger partial charge in [-0.25, -0.2) is 0 Å². The monoisotopic (exact) mass is 178 g/mol. The molecular formula is C10H14N2O. The van der Waals surface area contributed by atoms with Crippen molar-refractivity contribution in [2.75, 3.05) is 5.73 Å². The predicted octanol–water partition coefficient (Wildman–Crippen LogP) is 1.27. The number of rotatable bonds is 3. The number of ether oxygens (including phenoxy) is 1. The SMILES string of the molecule is NCc1c(N)cccc1OC1CC1. The molecule has 1 aromatic rings. The number of anilines is 1. The van der Waals surface area contributed by atoms with Crippen molar-refractivity contribution in [1.82, 2.24) is 0 Å². The fourth-order valence-corrected chi connectivity index (χ4v) is 1.28. The van der Waals surface area contributed by atoms with Crippen LogP contribution in [0.2, 0.25) is 0 Å². The van der Waals surface area contributed by atoms with Crippen LogP contribution in [0.25, 0.3) is 0 Å². The molecule has 0 atom stereocenters.